The lowest BCUT2D eigenvalue weighted by Crippen LogP contribution is -2.27. The highest BCUT2D eigenvalue weighted by Crippen LogP contribution is 2.09. The van der Waals surface area contributed by atoms with Gasteiger partial charge in [-0.2, -0.15) is 0 Å². The number of esters is 2. The number of ether oxygens (including phenoxy) is 2. The van der Waals surface area contributed by atoms with Gasteiger partial charge < -0.3 is 18.3 Å². The molecule has 0 heterocycles. The fourth-order valence-electron chi connectivity index (χ4n) is 2.12. The third-order valence-corrected chi connectivity index (χ3v) is 5.63. The van der Waals surface area contributed by atoms with Crippen LogP contribution in [-0.2, 0) is 27.9 Å². The largest absolute Gasteiger partial charge is 0.460 e. The fourth-order valence-corrected chi connectivity index (χ4v) is 3.51. The normalized spacial score (nSPS) is 12.5. The summed E-state index contributed by atoms with van der Waals surface area (Å²) in [4.78, 5) is 23.5. The molecule has 1 aromatic rings. The molecule has 0 N–H and O–H groups in total. The molecule has 0 bridgehead atoms. The molecule has 8 heteroatoms. The second kappa shape index (κ2) is 12.6. The molecule has 0 fully saturated rings. The van der Waals surface area contributed by atoms with Crippen LogP contribution >= 0.6 is 0 Å². The van der Waals surface area contributed by atoms with E-state index < -0.39 is 28.6 Å². The van der Waals surface area contributed by atoms with Gasteiger partial charge in [-0.1, -0.05) is 24.3 Å². The van der Waals surface area contributed by atoms with E-state index in [2.05, 4.69) is 39.3 Å². The van der Waals surface area contributed by atoms with E-state index in [1.54, 1.807) is 12.2 Å². The van der Waals surface area contributed by atoms with Crippen LogP contribution < -0.4 is 0 Å². The smallest absolute Gasteiger partial charge is 0.330 e. The van der Waals surface area contributed by atoms with E-state index in [1.165, 1.54) is 12.2 Å². The minimum Gasteiger partial charge on any atom is -0.460 e. The van der Waals surface area contributed by atoms with Crippen LogP contribution in [0.1, 0.15) is 11.1 Å². The van der Waals surface area contributed by atoms with Gasteiger partial charge in [-0.15, -0.1) is 0 Å². The zero-order valence-electron chi connectivity index (χ0n) is 18.9. The zero-order valence-corrected chi connectivity index (χ0v) is 20.9. The van der Waals surface area contributed by atoms with Crippen molar-refractivity contribution < 1.29 is 27.9 Å². The molecule has 30 heavy (non-hydrogen) atoms. The molecule has 1 rings (SSSR count). The van der Waals surface area contributed by atoms with Crippen LogP contribution in [0.5, 0.6) is 0 Å². The van der Waals surface area contributed by atoms with Crippen LogP contribution in [0.3, 0.4) is 0 Å². The summed E-state index contributed by atoms with van der Waals surface area (Å²) in [5.41, 5.74) is 1.71. The molecule has 0 atom stereocenters. The van der Waals surface area contributed by atoms with Gasteiger partial charge in [-0.3, -0.25) is 0 Å². The van der Waals surface area contributed by atoms with Crippen LogP contribution in [0, 0.1) is 0 Å². The average molecular weight is 451 g/mol. The molecule has 6 nitrogen and oxygen atoms in total. The third kappa shape index (κ3) is 14.1. The lowest BCUT2D eigenvalue weighted by molar-refractivity contribution is -0.139. The third-order valence-electron chi connectivity index (χ3n) is 3.49. The molecule has 0 aliphatic carbocycles. The Morgan fingerprint density at radius 2 is 1.00 bits per heavy atom. The summed E-state index contributed by atoms with van der Waals surface area (Å²) >= 11 is 0. The molecule has 0 aliphatic rings. The standard InChI is InChI=1S/C22H34O6Si2/c1-29(2,3)27-17-15-25-21(23)13-11-19-7-9-20(10-8-19)12-14-22(24)26-16-18-28-30(4,5)6/h7-14H,15-18H2,1-6H3/b13-11+,14-12+. The summed E-state index contributed by atoms with van der Waals surface area (Å²) in [5, 5.41) is 0. The minimum absolute atomic E-state index is 0.248. The Balaban J connectivity index is 2.36. The van der Waals surface area contributed by atoms with Crippen molar-refractivity contribution in [2.24, 2.45) is 0 Å². The van der Waals surface area contributed by atoms with E-state index in [9.17, 15) is 9.59 Å². The van der Waals surface area contributed by atoms with Gasteiger partial charge in [0.2, 0.25) is 0 Å². The van der Waals surface area contributed by atoms with Crippen molar-refractivity contribution in [3.05, 3.63) is 47.5 Å². The van der Waals surface area contributed by atoms with Crippen molar-refractivity contribution in [1.82, 2.24) is 0 Å². The first-order valence-corrected chi connectivity index (χ1v) is 16.8. The number of benzene rings is 1. The van der Waals surface area contributed by atoms with Crippen molar-refractivity contribution in [1.29, 1.82) is 0 Å². The van der Waals surface area contributed by atoms with E-state index in [-0.39, 0.29) is 13.2 Å². The van der Waals surface area contributed by atoms with Gasteiger partial charge in [-0.25, -0.2) is 9.59 Å². The Morgan fingerprint density at radius 1 is 0.667 bits per heavy atom. The molecular weight excluding hydrogens is 416 g/mol. The highest BCUT2D eigenvalue weighted by molar-refractivity contribution is 6.70. The number of hydrogen-bond acceptors (Lipinski definition) is 6. The van der Waals surface area contributed by atoms with E-state index in [1.807, 2.05) is 24.3 Å². The van der Waals surface area contributed by atoms with Crippen LogP contribution in [0.2, 0.25) is 39.3 Å². The quantitative estimate of drug-likeness (QED) is 0.202. The maximum absolute atomic E-state index is 11.7. The molecule has 1 aromatic carbocycles. The van der Waals surface area contributed by atoms with Gasteiger partial charge in [0.1, 0.15) is 13.2 Å². The maximum atomic E-state index is 11.7. The monoisotopic (exact) mass is 450 g/mol. The molecule has 0 aromatic heterocycles. The van der Waals surface area contributed by atoms with Crippen LogP contribution in [0.15, 0.2) is 36.4 Å². The Bertz CT molecular complexity index is 664. The first-order chi connectivity index (χ1) is 13.9. The molecule has 0 unspecified atom stereocenters. The van der Waals surface area contributed by atoms with E-state index in [0.29, 0.717) is 13.2 Å². The SMILES string of the molecule is C[Si](C)(C)OCCOC(=O)/C=C/c1ccc(/C=C/C(=O)OCCO[Si](C)(C)C)cc1. The number of hydrogen-bond donors (Lipinski definition) is 0. The van der Waals surface area contributed by atoms with Crippen LogP contribution in [0.4, 0.5) is 0 Å². The van der Waals surface area contributed by atoms with Gasteiger partial charge in [-0.05, 0) is 62.6 Å². The summed E-state index contributed by atoms with van der Waals surface area (Å²) in [6, 6.07) is 7.41. The summed E-state index contributed by atoms with van der Waals surface area (Å²) in [6.45, 7) is 13.8. The van der Waals surface area contributed by atoms with Crippen molar-refractivity contribution in [2.75, 3.05) is 26.4 Å². The number of carbonyl (C=O) groups excluding carboxylic acids is 2. The highest BCUT2D eigenvalue weighted by atomic mass is 28.4. The van der Waals surface area contributed by atoms with Gasteiger partial charge >= 0.3 is 11.9 Å². The molecule has 166 valence electrons. The summed E-state index contributed by atoms with van der Waals surface area (Å²) in [6.07, 6.45) is 6.14. The molecule has 0 radical (unpaired) electrons. The van der Waals surface area contributed by atoms with Crippen molar-refractivity contribution in [3.8, 4) is 0 Å². The highest BCUT2D eigenvalue weighted by Gasteiger charge is 2.14. The molecule has 0 amide bonds. The number of rotatable bonds is 12. The van der Waals surface area contributed by atoms with Crippen LogP contribution in [-0.4, -0.2) is 55.0 Å². The van der Waals surface area contributed by atoms with E-state index in [4.69, 9.17) is 18.3 Å². The zero-order chi connectivity index (χ0) is 22.6. The average Bonchev–Trinajstić information content (AvgIpc) is 2.64. The maximum Gasteiger partial charge on any atom is 0.330 e. The van der Waals surface area contributed by atoms with Gasteiger partial charge in [0.25, 0.3) is 0 Å². The topological polar surface area (TPSA) is 71.1 Å². The summed E-state index contributed by atoms with van der Waals surface area (Å²) in [7, 11) is -3.17. The van der Waals surface area contributed by atoms with Gasteiger partial charge in [0.15, 0.2) is 16.6 Å². The Morgan fingerprint density at radius 3 is 1.30 bits per heavy atom. The predicted molar refractivity (Wildman–Crippen MR) is 125 cm³/mol. The van der Waals surface area contributed by atoms with Crippen molar-refractivity contribution >= 4 is 40.7 Å². The molecule has 0 aliphatic heterocycles. The molecule has 0 spiro atoms. The Labute approximate surface area is 182 Å². The van der Waals surface area contributed by atoms with Gasteiger partial charge in [0, 0.05) is 12.2 Å². The lowest BCUT2D eigenvalue weighted by atomic mass is 10.1. The lowest BCUT2D eigenvalue weighted by Gasteiger charge is -2.16. The second-order valence-corrected chi connectivity index (χ2v) is 17.6. The summed E-state index contributed by atoms with van der Waals surface area (Å²) < 4.78 is 21.5. The second-order valence-electron chi connectivity index (χ2n) is 8.59. The number of carbonyl (C=O) groups is 2. The molecular formula is C22H34O6Si2. The Hall–Kier alpha value is -2.01. The van der Waals surface area contributed by atoms with E-state index in [0.717, 1.165) is 11.1 Å². The predicted octanol–water partition coefficient (Wildman–Crippen LogP) is 4.50. The van der Waals surface area contributed by atoms with Crippen LogP contribution in [0.25, 0.3) is 12.2 Å². The molecule has 0 saturated carbocycles. The van der Waals surface area contributed by atoms with Crippen molar-refractivity contribution in [2.45, 2.75) is 39.3 Å². The first-order valence-electron chi connectivity index (χ1n) is 10.0. The minimum atomic E-state index is -1.58. The van der Waals surface area contributed by atoms with Crippen molar-refractivity contribution in [3.63, 3.8) is 0 Å². The summed E-state index contributed by atoms with van der Waals surface area (Å²) in [5.74, 6) is -0.807. The first kappa shape index (κ1) is 26.0. The van der Waals surface area contributed by atoms with Gasteiger partial charge in [0.05, 0.1) is 13.2 Å². The Kier molecular flexibility index (Phi) is 11.0. The van der Waals surface area contributed by atoms with E-state index >= 15 is 0 Å². The molecule has 0 saturated heterocycles. The fraction of sp³-hybridized carbons (Fsp3) is 0.455.